The molecule has 8 heteroatoms. The molecule has 0 spiro atoms. The minimum absolute atomic E-state index is 0.150. The molecule has 148 valence electrons. The van der Waals surface area contributed by atoms with E-state index in [9.17, 15) is 0 Å². The standard InChI is InChI=1S/C20H22Cl2N4O2/c1-10-9-23-26(2)20(10)19-12-6-5-11(7-13(12)24-25-19)16-17(21)14(27-3)8-15(28-4)18(16)22/h8-9,11H,5-7H2,1-4H3,(H,24,25). The van der Waals surface area contributed by atoms with Crippen molar-refractivity contribution in [1.29, 1.82) is 0 Å². The average Bonchev–Trinajstić information content (AvgIpc) is 3.24. The molecule has 0 saturated heterocycles. The van der Waals surface area contributed by atoms with Crippen molar-refractivity contribution >= 4 is 23.2 Å². The number of nitrogens with zero attached hydrogens (tertiary/aromatic N) is 3. The number of halogens is 2. The fourth-order valence-electron chi connectivity index (χ4n) is 4.10. The van der Waals surface area contributed by atoms with E-state index in [1.807, 2.05) is 17.9 Å². The minimum atomic E-state index is 0.150. The summed E-state index contributed by atoms with van der Waals surface area (Å²) in [5, 5.41) is 13.3. The van der Waals surface area contributed by atoms with Crippen LogP contribution in [0.1, 0.15) is 34.7 Å². The number of hydrogen-bond donors (Lipinski definition) is 1. The van der Waals surface area contributed by atoms with E-state index < -0.39 is 0 Å². The van der Waals surface area contributed by atoms with Gasteiger partial charge < -0.3 is 9.47 Å². The van der Waals surface area contributed by atoms with Crippen LogP contribution in [0.3, 0.4) is 0 Å². The highest BCUT2D eigenvalue weighted by atomic mass is 35.5. The van der Waals surface area contributed by atoms with E-state index in [1.165, 1.54) is 5.56 Å². The highest BCUT2D eigenvalue weighted by Gasteiger charge is 2.31. The van der Waals surface area contributed by atoms with E-state index in [1.54, 1.807) is 20.3 Å². The molecule has 3 aromatic rings. The molecule has 0 bridgehead atoms. The third-order valence-electron chi connectivity index (χ3n) is 5.51. The van der Waals surface area contributed by atoms with Crippen molar-refractivity contribution in [2.24, 2.45) is 7.05 Å². The first kappa shape index (κ1) is 19.2. The second-order valence-corrected chi connectivity index (χ2v) is 7.85. The molecule has 2 heterocycles. The number of hydrogen-bond acceptors (Lipinski definition) is 4. The summed E-state index contributed by atoms with van der Waals surface area (Å²) in [5.74, 6) is 1.29. The molecule has 1 aromatic carbocycles. The predicted molar refractivity (Wildman–Crippen MR) is 110 cm³/mol. The number of aryl methyl sites for hydroxylation is 2. The van der Waals surface area contributed by atoms with Crippen LogP contribution in [0, 0.1) is 6.92 Å². The summed E-state index contributed by atoms with van der Waals surface area (Å²) in [6.07, 6.45) is 4.42. The van der Waals surface area contributed by atoms with Gasteiger partial charge in [0.25, 0.3) is 0 Å². The van der Waals surface area contributed by atoms with Crippen LogP contribution in [0.25, 0.3) is 11.4 Å². The Morgan fingerprint density at radius 2 is 1.86 bits per heavy atom. The molecule has 6 nitrogen and oxygen atoms in total. The second kappa shape index (κ2) is 7.33. The first-order valence-corrected chi connectivity index (χ1v) is 9.86. The molecule has 1 unspecified atom stereocenters. The number of ether oxygens (including phenoxy) is 2. The Kier molecular flexibility index (Phi) is 5.02. The van der Waals surface area contributed by atoms with Crippen LogP contribution < -0.4 is 9.47 Å². The van der Waals surface area contributed by atoms with Gasteiger partial charge in [-0.1, -0.05) is 23.2 Å². The Hall–Kier alpha value is -2.18. The van der Waals surface area contributed by atoms with Crippen molar-refractivity contribution in [3.8, 4) is 22.9 Å². The van der Waals surface area contributed by atoms with Crippen LogP contribution in [-0.2, 0) is 19.9 Å². The van der Waals surface area contributed by atoms with Gasteiger partial charge in [-0.15, -0.1) is 0 Å². The zero-order chi connectivity index (χ0) is 20.0. The van der Waals surface area contributed by atoms with E-state index in [0.29, 0.717) is 21.5 Å². The van der Waals surface area contributed by atoms with Gasteiger partial charge in [0.05, 0.1) is 36.2 Å². The van der Waals surface area contributed by atoms with Crippen LogP contribution in [0.4, 0.5) is 0 Å². The highest BCUT2D eigenvalue weighted by Crippen LogP contribution is 2.47. The lowest BCUT2D eigenvalue weighted by Crippen LogP contribution is -2.14. The van der Waals surface area contributed by atoms with E-state index in [-0.39, 0.29) is 5.92 Å². The molecule has 0 fully saturated rings. The average molecular weight is 421 g/mol. The molecule has 2 aromatic heterocycles. The molecule has 0 saturated carbocycles. The van der Waals surface area contributed by atoms with E-state index in [2.05, 4.69) is 22.2 Å². The number of methoxy groups -OCH3 is 2. The molecule has 1 aliphatic rings. The maximum absolute atomic E-state index is 6.63. The Morgan fingerprint density at radius 3 is 2.43 bits per heavy atom. The fourth-order valence-corrected chi connectivity index (χ4v) is 4.91. The third-order valence-corrected chi connectivity index (χ3v) is 6.29. The first-order chi connectivity index (χ1) is 13.5. The zero-order valence-electron chi connectivity index (χ0n) is 16.3. The van der Waals surface area contributed by atoms with Crippen LogP contribution in [0.15, 0.2) is 12.3 Å². The van der Waals surface area contributed by atoms with Gasteiger partial charge in [0.15, 0.2) is 0 Å². The number of aromatic amines is 1. The number of fused-ring (bicyclic) bond motifs is 1. The Balaban J connectivity index is 1.74. The number of benzene rings is 1. The van der Waals surface area contributed by atoms with Crippen LogP contribution >= 0.6 is 23.2 Å². The van der Waals surface area contributed by atoms with Crippen LogP contribution in [-0.4, -0.2) is 34.2 Å². The Labute approximate surface area is 173 Å². The normalized spacial score (nSPS) is 16.1. The molecular formula is C20H22Cl2N4O2. The molecule has 4 rings (SSSR count). The fraction of sp³-hybridized carbons (Fsp3) is 0.400. The monoisotopic (exact) mass is 420 g/mol. The molecule has 1 atom stereocenters. The number of rotatable bonds is 4. The largest absolute Gasteiger partial charge is 0.495 e. The lowest BCUT2D eigenvalue weighted by atomic mass is 9.81. The quantitative estimate of drug-likeness (QED) is 0.663. The SMILES string of the molecule is COc1cc(OC)c(Cl)c(C2CCc3c(-c4c(C)cnn4C)n[nH]c3C2)c1Cl. The van der Waals surface area contributed by atoms with Gasteiger partial charge in [0, 0.05) is 29.9 Å². The van der Waals surface area contributed by atoms with Gasteiger partial charge >= 0.3 is 0 Å². The summed E-state index contributed by atoms with van der Waals surface area (Å²) in [5.41, 5.74) is 6.37. The number of H-pyrrole nitrogens is 1. The van der Waals surface area contributed by atoms with Crippen molar-refractivity contribution in [3.05, 3.63) is 44.7 Å². The molecular weight excluding hydrogens is 399 g/mol. The summed E-state index contributed by atoms with van der Waals surface area (Å²) < 4.78 is 12.7. The maximum atomic E-state index is 6.63. The molecule has 28 heavy (non-hydrogen) atoms. The van der Waals surface area contributed by atoms with Gasteiger partial charge in [-0.3, -0.25) is 9.78 Å². The highest BCUT2D eigenvalue weighted by molar-refractivity contribution is 6.38. The number of aromatic nitrogens is 4. The van der Waals surface area contributed by atoms with Crippen LogP contribution in [0.5, 0.6) is 11.5 Å². The summed E-state index contributed by atoms with van der Waals surface area (Å²) in [7, 11) is 5.13. The third kappa shape index (κ3) is 2.95. The summed E-state index contributed by atoms with van der Waals surface area (Å²) in [6, 6.07) is 1.72. The van der Waals surface area contributed by atoms with Crippen molar-refractivity contribution in [3.63, 3.8) is 0 Å². The topological polar surface area (TPSA) is 65.0 Å². The molecule has 0 aliphatic heterocycles. The molecule has 1 N–H and O–H groups in total. The second-order valence-electron chi connectivity index (χ2n) is 7.09. The summed E-state index contributed by atoms with van der Waals surface area (Å²) in [6.45, 7) is 2.05. The van der Waals surface area contributed by atoms with Crippen molar-refractivity contribution in [1.82, 2.24) is 20.0 Å². The van der Waals surface area contributed by atoms with E-state index in [0.717, 1.165) is 47.5 Å². The van der Waals surface area contributed by atoms with Gasteiger partial charge in [-0.05, 0) is 37.7 Å². The first-order valence-electron chi connectivity index (χ1n) is 9.11. The Bertz CT molecular complexity index is 994. The zero-order valence-corrected chi connectivity index (χ0v) is 17.8. The van der Waals surface area contributed by atoms with E-state index >= 15 is 0 Å². The predicted octanol–water partition coefficient (Wildman–Crippen LogP) is 4.72. The van der Waals surface area contributed by atoms with Crippen molar-refractivity contribution in [2.45, 2.75) is 32.1 Å². The molecule has 1 aliphatic carbocycles. The maximum Gasteiger partial charge on any atom is 0.141 e. The summed E-state index contributed by atoms with van der Waals surface area (Å²) >= 11 is 13.3. The van der Waals surface area contributed by atoms with Crippen LogP contribution in [0.2, 0.25) is 10.0 Å². The van der Waals surface area contributed by atoms with Gasteiger partial charge in [0.1, 0.15) is 17.2 Å². The van der Waals surface area contributed by atoms with Gasteiger partial charge in [-0.25, -0.2) is 0 Å². The smallest absolute Gasteiger partial charge is 0.141 e. The summed E-state index contributed by atoms with van der Waals surface area (Å²) in [4.78, 5) is 0. The van der Waals surface area contributed by atoms with Crippen molar-refractivity contribution in [2.75, 3.05) is 14.2 Å². The lowest BCUT2D eigenvalue weighted by Gasteiger charge is -2.26. The van der Waals surface area contributed by atoms with Gasteiger partial charge in [0.2, 0.25) is 0 Å². The molecule has 0 amide bonds. The van der Waals surface area contributed by atoms with Crippen molar-refractivity contribution < 1.29 is 9.47 Å². The molecule has 0 radical (unpaired) electrons. The minimum Gasteiger partial charge on any atom is -0.495 e. The van der Waals surface area contributed by atoms with Gasteiger partial charge in [-0.2, -0.15) is 10.2 Å². The Morgan fingerprint density at radius 1 is 1.18 bits per heavy atom. The number of nitrogens with one attached hydrogen (secondary N) is 1. The lowest BCUT2D eigenvalue weighted by molar-refractivity contribution is 0.392. The van der Waals surface area contributed by atoms with E-state index in [4.69, 9.17) is 32.7 Å².